The van der Waals surface area contributed by atoms with Gasteiger partial charge >= 0.3 is 51.5 Å². The fourth-order valence-electron chi connectivity index (χ4n) is 0. The zero-order chi connectivity index (χ0) is 0. The molecule has 0 aliphatic carbocycles. The summed E-state index contributed by atoms with van der Waals surface area (Å²) in [6, 6.07) is 0. The topological polar surface area (TPSA) is 114 Å². The van der Waals surface area contributed by atoms with Crippen molar-refractivity contribution in [1.82, 2.24) is 0 Å². The summed E-state index contributed by atoms with van der Waals surface area (Å²) >= 11 is 0. The normalized spacial score (nSPS) is 0. The van der Waals surface area contributed by atoms with Crippen molar-refractivity contribution >= 4 is 17.4 Å². The van der Waals surface area contributed by atoms with E-state index in [0.29, 0.717) is 0 Å². The van der Waals surface area contributed by atoms with Crippen LogP contribution in [0, 0.1) is 0 Å². The van der Waals surface area contributed by atoms with E-state index in [9.17, 15) is 0 Å². The van der Waals surface area contributed by atoms with E-state index in [4.69, 9.17) is 0 Å². The van der Waals surface area contributed by atoms with E-state index < -0.39 is 0 Å². The molecule has 0 heterocycles. The molecule has 0 aromatic rings. The summed E-state index contributed by atoms with van der Waals surface area (Å²) in [6.07, 6.45) is 0. The van der Waals surface area contributed by atoms with E-state index >= 15 is 0 Å². The monoisotopic (exact) mass is 202 g/mol. The van der Waals surface area contributed by atoms with Crippen molar-refractivity contribution in [3.63, 3.8) is 0 Å². The summed E-state index contributed by atoms with van der Waals surface area (Å²) in [6.45, 7) is 0. The standard InChI is InChI=1S/Al.Fe.Mn.4O/q2*+3;+2;4*-2. The van der Waals surface area contributed by atoms with Gasteiger partial charge in [0.25, 0.3) is 0 Å². The van der Waals surface area contributed by atoms with E-state index in [1.807, 2.05) is 0 Å². The average Bonchev–Trinajstić information content (AvgIpc) is 0. The Morgan fingerprint density at radius 1 is 0.571 bits per heavy atom. The van der Waals surface area contributed by atoms with E-state index in [1.165, 1.54) is 0 Å². The van der Waals surface area contributed by atoms with Crippen molar-refractivity contribution in [2.24, 2.45) is 0 Å². The first-order chi connectivity index (χ1) is 0. The molecule has 0 fully saturated rings. The van der Waals surface area contributed by atoms with Gasteiger partial charge in [-0.3, -0.25) is 0 Å². The summed E-state index contributed by atoms with van der Waals surface area (Å²) in [7, 11) is 0. The van der Waals surface area contributed by atoms with Crippen LogP contribution in [0.3, 0.4) is 0 Å². The van der Waals surface area contributed by atoms with Crippen molar-refractivity contribution < 1.29 is 56.0 Å². The minimum atomic E-state index is 0. The van der Waals surface area contributed by atoms with Crippen molar-refractivity contribution in [1.29, 1.82) is 0 Å². The van der Waals surface area contributed by atoms with Crippen LogP contribution in [0.5, 0.6) is 0 Å². The van der Waals surface area contributed by atoms with Gasteiger partial charge < -0.3 is 21.9 Å². The van der Waals surface area contributed by atoms with Crippen molar-refractivity contribution in [3.05, 3.63) is 0 Å². The molecule has 0 atom stereocenters. The van der Waals surface area contributed by atoms with Crippen LogP contribution in [-0.4, -0.2) is 17.4 Å². The molecule has 0 N–H and O–H groups in total. The molecule has 7 heavy (non-hydrogen) atoms. The van der Waals surface area contributed by atoms with Gasteiger partial charge in [-0.25, -0.2) is 0 Å². The van der Waals surface area contributed by atoms with Gasteiger partial charge in [-0.15, -0.1) is 0 Å². The van der Waals surface area contributed by atoms with Gasteiger partial charge in [0, 0.05) is 0 Å². The Hall–Kier alpha value is 1.41. The zero-order valence-corrected chi connectivity index (χ0v) is 6.38. The molecular formula is AlFeMnO4. The summed E-state index contributed by atoms with van der Waals surface area (Å²) in [5, 5.41) is 0. The smallest absolute Gasteiger partial charge is 2.00 e. The average molecular weight is 202 g/mol. The van der Waals surface area contributed by atoms with Crippen LogP contribution in [-0.2, 0) is 56.0 Å². The Bertz CT molecular complexity index is 11.7. The maximum absolute atomic E-state index is 0. The first-order valence-electron chi connectivity index (χ1n) is 0. The molecule has 0 aromatic carbocycles. The van der Waals surface area contributed by atoms with Gasteiger partial charge in [0.15, 0.2) is 0 Å². The second kappa shape index (κ2) is 153. The predicted octanol–water partition coefficient (Wildman–Crippen LogP) is -0.861. The summed E-state index contributed by atoms with van der Waals surface area (Å²) in [5.74, 6) is 0. The van der Waals surface area contributed by atoms with Crippen molar-refractivity contribution in [2.75, 3.05) is 0 Å². The second-order valence-electron chi connectivity index (χ2n) is 0. The Morgan fingerprint density at radius 3 is 0.571 bits per heavy atom. The molecule has 7 heteroatoms. The SMILES string of the molecule is [Al+3].[Fe+3].[Mn+2].[O-2].[O-2].[O-2].[O-2]. The molecule has 0 saturated heterocycles. The molecule has 4 nitrogen and oxygen atoms in total. The van der Waals surface area contributed by atoms with Crippen LogP contribution in [0.2, 0.25) is 0 Å². The number of hydrogen-bond donors (Lipinski definition) is 0. The van der Waals surface area contributed by atoms with Gasteiger partial charge in [-0.1, -0.05) is 0 Å². The van der Waals surface area contributed by atoms with Crippen LogP contribution < -0.4 is 0 Å². The Balaban J connectivity index is 0. The third-order valence-electron chi connectivity index (χ3n) is 0. The fraction of sp³-hybridized carbons (Fsp3) is 0. The van der Waals surface area contributed by atoms with Crippen molar-refractivity contribution in [3.8, 4) is 0 Å². The molecule has 0 bridgehead atoms. The largest absolute Gasteiger partial charge is 3.00 e. The molecule has 0 saturated carbocycles. The fourth-order valence-corrected chi connectivity index (χ4v) is 0. The Labute approximate surface area is 73.4 Å². The molecule has 0 amide bonds. The van der Waals surface area contributed by atoms with E-state index in [-0.39, 0.29) is 73.4 Å². The second-order valence-corrected chi connectivity index (χ2v) is 0. The quantitative estimate of drug-likeness (QED) is 0.454. The first kappa shape index (κ1) is 232. The molecule has 0 unspecified atom stereocenters. The minimum Gasteiger partial charge on any atom is -2.00 e. The Morgan fingerprint density at radius 2 is 0.571 bits per heavy atom. The van der Waals surface area contributed by atoms with Gasteiger partial charge in [0.1, 0.15) is 0 Å². The summed E-state index contributed by atoms with van der Waals surface area (Å²) in [4.78, 5) is 0. The van der Waals surface area contributed by atoms with Crippen molar-refractivity contribution in [2.45, 2.75) is 0 Å². The Kier molecular flexibility index (Phi) is 5070. The molecule has 0 aromatic heterocycles. The molecule has 42 valence electrons. The van der Waals surface area contributed by atoms with Gasteiger partial charge in [0.05, 0.1) is 0 Å². The molecule has 0 aliphatic rings. The van der Waals surface area contributed by atoms with Gasteiger partial charge in [0.2, 0.25) is 0 Å². The molecule has 0 rings (SSSR count). The molecule has 0 aliphatic heterocycles. The molecular weight excluding hydrogens is 202 g/mol. The van der Waals surface area contributed by atoms with Crippen LogP contribution >= 0.6 is 0 Å². The van der Waals surface area contributed by atoms with Crippen LogP contribution in [0.25, 0.3) is 0 Å². The van der Waals surface area contributed by atoms with Crippen LogP contribution in [0.15, 0.2) is 0 Å². The van der Waals surface area contributed by atoms with Crippen LogP contribution in [0.1, 0.15) is 0 Å². The maximum Gasteiger partial charge on any atom is 3.00 e. The number of hydrogen-bond acceptors (Lipinski definition) is 0. The van der Waals surface area contributed by atoms with Crippen LogP contribution in [0.4, 0.5) is 0 Å². The zero-order valence-electron chi connectivity index (χ0n) is 2.94. The molecule has 0 spiro atoms. The maximum atomic E-state index is 0. The molecule has 2 radical (unpaired) electrons. The first-order valence-corrected chi connectivity index (χ1v) is 0. The number of rotatable bonds is 0. The van der Waals surface area contributed by atoms with Gasteiger partial charge in [-0.2, -0.15) is 0 Å². The third-order valence-corrected chi connectivity index (χ3v) is 0. The van der Waals surface area contributed by atoms with E-state index in [2.05, 4.69) is 0 Å². The van der Waals surface area contributed by atoms with E-state index in [0.717, 1.165) is 0 Å². The third kappa shape index (κ3) is 109. The van der Waals surface area contributed by atoms with Gasteiger partial charge in [-0.05, 0) is 0 Å². The minimum absolute atomic E-state index is 0. The summed E-state index contributed by atoms with van der Waals surface area (Å²) in [5.41, 5.74) is 0. The summed E-state index contributed by atoms with van der Waals surface area (Å²) < 4.78 is 0. The predicted molar refractivity (Wildman–Crippen MR) is 8.50 cm³/mol. The van der Waals surface area contributed by atoms with E-state index in [1.54, 1.807) is 0 Å².